The van der Waals surface area contributed by atoms with E-state index in [1.54, 1.807) is 0 Å². The maximum Gasteiger partial charge on any atom is 0.227 e. The smallest absolute Gasteiger partial charge is 0.227 e. The zero-order chi connectivity index (χ0) is 15.6. The molecule has 22 heavy (non-hydrogen) atoms. The van der Waals surface area contributed by atoms with Crippen molar-refractivity contribution in [2.45, 2.75) is 18.6 Å². The van der Waals surface area contributed by atoms with E-state index in [4.69, 9.17) is 9.15 Å². The number of hydrogen-bond acceptors (Lipinski definition) is 5. The molecule has 0 amide bonds. The minimum Gasteiger partial charge on any atom is -0.490 e. The van der Waals surface area contributed by atoms with Crippen LogP contribution in [-0.2, 0) is 12.1 Å². The van der Waals surface area contributed by atoms with Crippen LogP contribution in [0.2, 0.25) is 0 Å². The molecular weight excluding hydrogens is 282 g/mol. The SMILES string of the molecule is COc1coc(CN2CC[C@](O)(c3ccccc3)C2)cc1=O. The van der Waals surface area contributed by atoms with Gasteiger partial charge >= 0.3 is 0 Å². The molecule has 0 radical (unpaired) electrons. The Labute approximate surface area is 128 Å². The zero-order valence-corrected chi connectivity index (χ0v) is 12.5. The largest absolute Gasteiger partial charge is 0.490 e. The predicted octanol–water partition coefficient (Wildman–Crippen LogP) is 1.74. The fourth-order valence-electron chi connectivity index (χ4n) is 2.88. The van der Waals surface area contributed by atoms with Gasteiger partial charge in [-0.2, -0.15) is 0 Å². The highest BCUT2D eigenvalue weighted by molar-refractivity contribution is 5.24. The predicted molar refractivity (Wildman–Crippen MR) is 81.8 cm³/mol. The standard InChI is InChI=1S/C17H19NO4/c1-21-16-11-22-14(9-15(16)19)10-18-8-7-17(20,12-18)13-5-3-2-4-6-13/h2-6,9,11,20H,7-8,10,12H2,1H3/t17-/m1/s1. The molecule has 1 aliphatic rings. The minimum atomic E-state index is -0.839. The van der Waals surface area contributed by atoms with E-state index in [0.717, 1.165) is 12.1 Å². The Bertz CT molecular complexity index is 697. The second-order valence-electron chi connectivity index (χ2n) is 5.64. The van der Waals surface area contributed by atoms with Gasteiger partial charge in [0.25, 0.3) is 0 Å². The Kier molecular flexibility index (Phi) is 4.00. The van der Waals surface area contributed by atoms with Gasteiger partial charge in [0.1, 0.15) is 17.6 Å². The Morgan fingerprint density at radius 3 is 2.82 bits per heavy atom. The van der Waals surface area contributed by atoms with Crippen molar-refractivity contribution in [2.75, 3.05) is 20.2 Å². The summed E-state index contributed by atoms with van der Waals surface area (Å²) >= 11 is 0. The van der Waals surface area contributed by atoms with E-state index in [9.17, 15) is 9.90 Å². The molecule has 1 fully saturated rings. The van der Waals surface area contributed by atoms with Crippen molar-refractivity contribution in [3.05, 3.63) is 64.2 Å². The van der Waals surface area contributed by atoms with Crippen LogP contribution in [-0.4, -0.2) is 30.2 Å². The van der Waals surface area contributed by atoms with Gasteiger partial charge in [-0.3, -0.25) is 9.69 Å². The molecule has 1 N–H and O–H groups in total. The normalized spacial score (nSPS) is 21.9. The summed E-state index contributed by atoms with van der Waals surface area (Å²) in [4.78, 5) is 13.8. The summed E-state index contributed by atoms with van der Waals surface area (Å²) in [5.74, 6) is 0.772. The molecule has 0 saturated carbocycles. The average Bonchev–Trinajstić information content (AvgIpc) is 2.91. The van der Waals surface area contributed by atoms with Crippen molar-refractivity contribution in [1.29, 1.82) is 0 Å². The monoisotopic (exact) mass is 301 g/mol. The molecule has 0 aliphatic carbocycles. The van der Waals surface area contributed by atoms with Gasteiger partial charge in [0, 0.05) is 19.2 Å². The Balaban J connectivity index is 1.71. The molecule has 0 unspecified atom stereocenters. The maximum absolute atomic E-state index is 11.7. The Morgan fingerprint density at radius 1 is 1.36 bits per heavy atom. The number of methoxy groups -OCH3 is 1. The third kappa shape index (κ3) is 2.91. The number of rotatable bonds is 4. The van der Waals surface area contributed by atoms with E-state index in [1.807, 2.05) is 30.3 Å². The lowest BCUT2D eigenvalue weighted by Crippen LogP contribution is -2.30. The number of likely N-dealkylation sites (tertiary alicyclic amines) is 1. The summed E-state index contributed by atoms with van der Waals surface area (Å²) in [6.07, 6.45) is 1.99. The highest BCUT2D eigenvalue weighted by atomic mass is 16.5. The van der Waals surface area contributed by atoms with Crippen LogP contribution in [0.4, 0.5) is 0 Å². The lowest BCUT2D eigenvalue weighted by atomic mass is 9.93. The molecule has 5 nitrogen and oxygen atoms in total. The number of benzene rings is 1. The number of nitrogens with zero attached hydrogens (tertiary/aromatic N) is 1. The Morgan fingerprint density at radius 2 is 2.14 bits per heavy atom. The van der Waals surface area contributed by atoms with Gasteiger partial charge in [0.2, 0.25) is 11.2 Å². The van der Waals surface area contributed by atoms with Crippen molar-refractivity contribution >= 4 is 0 Å². The molecular formula is C17H19NO4. The summed E-state index contributed by atoms with van der Waals surface area (Å²) in [6.45, 7) is 1.77. The van der Waals surface area contributed by atoms with Crippen LogP contribution in [0.3, 0.4) is 0 Å². The number of hydrogen-bond donors (Lipinski definition) is 1. The topological polar surface area (TPSA) is 62.9 Å². The molecule has 1 aromatic carbocycles. The van der Waals surface area contributed by atoms with Gasteiger partial charge < -0.3 is 14.3 Å². The van der Waals surface area contributed by atoms with E-state index >= 15 is 0 Å². The Hall–Kier alpha value is -2.11. The van der Waals surface area contributed by atoms with Crippen molar-refractivity contribution in [3.8, 4) is 5.75 Å². The second kappa shape index (κ2) is 5.94. The molecule has 1 aromatic heterocycles. The van der Waals surface area contributed by atoms with Crippen LogP contribution < -0.4 is 10.2 Å². The molecule has 116 valence electrons. The quantitative estimate of drug-likeness (QED) is 0.932. The van der Waals surface area contributed by atoms with E-state index in [-0.39, 0.29) is 11.2 Å². The maximum atomic E-state index is 11.7. The molecule has 1 saturated heterocycles. The van der Waals surface area contributed by atoms with Gasteiger partial charge in [-0.15, -0.1) is 0 Å². The fourth-order valence-corrected chi connectivity index (χ4v) is 2.88. The third-order valence-corrected chi connectivity index (χ3v) is 4.09. The number of aliphatic hydroxyl groups is 1. The summed E-state index contributed by atoms with van der Waals surface area (Å²) in [5, 5.41) is 10.8. The van der Waals surface area contributed by atoms with Crippen LogP contribution in [0.5, 0.6) is 5.75 Å². The van der Waals surface area contributed by atoms with Crippen LogP contribution in [0.25, 0.3) is 0 Å². The first-order valence-electron chi connectivity index (χ1n) is 7.27. The lowest BCUT2D eigenvalue weighted by Gasteiger charge is -2.23. The third-order valence-electron chi connectivity index (χ3n) is 4.09. The zero-order valence-electron chi connectivity index (χ0n) is 12.5. The first-order chi connectivity index (χ1) is 10.6. The van der Waals surface area contributed by atoms with Crippen molar-refractivity contribution in [1.82, 2.24) is 4.90 Å². The van der Waals surface area contributed by atoms with Gasteiger partial charge in [0.15, 0.2) is 0 Å². The summed E-state index contributed by atoms with van der Waals surface area (Å²) in [5.41, 5.74) is -0.108. The van der Waals surface area contributed by atoms with E-state index in [1.165, 1.54) is 19.4 Å². The molecule has 2 heterocycles. The molecule has 2 aromatic rings. The van der Waals surface area contributed by atoms with Crippen LogP contribution in [0.1, 0.15) is 17.7 Å². The first-order valence-corrected chi connectivity index (χ1v) is 7.27. The van der Waals surface area contributed by atoms with Gasteiger partial charge in [-0.25, -0.2) is 0 Å². The van der Waals surface area contributed by atoms with Crippen LogP contribution in [0.15, 0.2) is 51.9 Å². The molecule has 5 heteroatoms. The molecule has 0 spiro atoms. The van der Waals surface area contributed by atoms with Crippen molar-refractivity contribution < 1.29 is 14.3 Å². The van der Waals surface area contributed by atoms with E-state index in [2.05, 4.69) is 4.90 Å². The van der Waals surface area contributed by atoms with Gasteiger partial charge in [-0.05, 0) is 12.0 Å². The molecule has 3 rings (SSSR count). The van der Waals surface area contributed by atoms with Gasteiger partial charge in [0.05, 0.1) is 13.7 Å². The van der Waals surface area contributed by atoms with Crippen molar-refractivity contribution in [2.24, 2.45) is 0 Å². The number of β-amino-alcohol motifs (C(OH)–C–C–N with tert-alkyl or cyclic N) is 1. The van der Waals surface area contributed by atoms with E-state index in [0.29, 0.717) is 25.3 Å². The van der Waals surface area contributed by atoms with Crippen LogP contribution >= 0.6 is 0 Å². The minimum absolute atomic E-state index is 0.193. The van der Waals surface area contributed by atoms with Gasteiger partial charge in [-0.1, -0.05) is 30.3 Å². The molecule has 0 bridgehead atoms. The van der Waals surface area contributed by atoms with E-state index < -0.39 is 5.60 Å². The highest BCUT2D eigenvalue weighted by Gasteiger charge is 2.37. The summed E-state index contributed by atoms with van der Waals surface area (Å²) < 4.78 is 10.3. The second-order valence-corrected chi connectivity index (χ2v) is 5.64. The molecule has 1 atom stereocenters. The highest BCUT2D eigenvalue weighted by Crippen LogP contribution is 2.32. The van der Waals surface area contributed by atoms with Crippen LogP contribution in [0, 0.1) is 0 Å². The summed E-state index contributed by atoms with van der Waals surface area (Å²) in [6, 6.07) is 11.1. The average molecular weight is 301 g/mol. The lowest BCUT2D eigenvalue weighted by molar-refractivity contribution is 0.0445. The van der Waals surface area contributed by atoms with Crippen molar-refractivity contribution in [3.63, 3.8) is 0 Å². The molecule has 1 aliphatic heterocycles. The summed E-state index contributed by atoms with van der Waals surface area (Å²) in [7, 11) is 1.44. The first kappa shape index (κ1) is 14.8. The fraction of sp³-hybridized carbons (Fsp3) is 0.353. The number of ether oxygens (including phenoxy) is 1.